The number of hydrogen-bond acceptors (Lipinski definition) is 7. The minimum atomic E-state index is -0.428. The quantitative estimate of drug-likeness (QED) is 0.140. The van der Waals surface area contributed by atoms with Crippen molar-refractivity contribution in [2.75, 3.05) is 13.7 Å². The van der Waals surface area contributed by atoms with E-state index in [2.05, 4.69) is 6.08 Å². The monoisotopic (exact) mass is 530 g/mol. The van der Waals surface area contributed by atoms with Crippen LogP contribution in [0.25, 0.3) is 0 Å². The molecule has 1 unspecified atom stereocenters. The van der Waals surface area contributed by atoms with Crippen LogP contribution in [0.1, 0.15) is 103 Å². The molecule has 0 amide bonds. The van der Waals surface area contributed by atoms with Gasteiger partial charge in [0.25, 0.3) is 0 Å². The van der Waals surface area contributed by atoms with Gasteiger partial charge in [-0.05, 0) is 82.1 Å². The first-order valence-electron chi connectivity index (χ1n) is 14.8. The SMILES string of the molecule is COC(=O)CCC/C=C1\C[C@H]2C[C@H](OC(C)=O)[C@@H](/C=C\C(=O)CC3(OC4CCCCO4)CCCCC3)[C@@H]2C1. The first-order valence-corrected chi connectivity index (χ1v) is 14.8. The van der Waals surface area contributed by atoms with Gasteiger partial charge in [0.15, 0.2) is 12.1 Å². The van der Waals surface area contributed by atoms with E-state index in [9.17, 15) is 14.4 Å². The number of unbranched alkanes of at least 4 members (excludes halogenated alkanes) is 1. The van der Waals surface area contributed by atoms with Gasteiger partial charge in [-0.25, -0.2) is 0 Å². The van der Waals surface area contributed by atoms with Crippen molar-refractivity contribution in [1.29, 1.82) is 0 Å². The second-order valence-corrected chi connectivity index (χ2v) is 11.8. The highest BCUT2D eigenvalue weighted by molar-refractivity contribution is 5.90. The molecular weight excluding hydrogens is 484 g/mol. The molecule has 0 N–H and O–H groups in total. The number of methoxy groups -OCH3 is 1. The summed E-state index contributed by atoms with van der Waals surface area (Å²) in [4.78, 5) is 36.5. The predicted octanol–water partition coefficient (Wildman–Crippen LogP) is 6.00. The zero-order valence-electron chi connectivity index (χ0n) is 23.3. The summed E-state index contributed by atoms with van der Waals surface area (Å²) in [5.74, 6) is 0.513. The third-order valence-electron chi connectivity index (χ3n) is 8.93. The first kappa shape index (κ1) is 29.0. The highest BCUT2D eigenvalue weighted by Crippen LogP contribution is 2.51. The van der Waals surface area contributed by atoms with Crippen LogP contribution in [0.4, 0.5) is 0 Å². The lowest BCUT2D eigenvalue weighted by atomic mass is 9.80. The number of hydrogen-bond donors (Lipinski definition) is 0. The summed E-state index contributed by atoms with van der Waals surface area (Å²) in [6, 6.07) is 0. The highest BCUT2D eigenvalue weighted by Gasteiger charge is 2.47. The van der Waals surface area contributed by atoms with Crippen molar-refractivity contribution in [1.82, 2.24) is 0 Å². The Morgan fingerprint density at radius 2 is 1.89 bits per heavy atom. The minimum Gasteiger partial charge on any atom is -0.469 e. The van der Waals surface area contributed by atoms with Crippen molar-refractivity contribution in [3.8, 4) is 0 Å². The van der Waals surface area contributed by atoms with E-state index in [4.69, 9.17) is 18.9 Å². The number of esters is 2. The van der Waals surface area contributed by atoms with Crippen LogP contribution in [0.15, 0.2) is 23.8 Å². The van der Waals surface area contributed by atoms with E-state index in [0.717, 1.165) is 83.7 Å². The summed E-state index contributed by atoms with van der Waals surface area (Å²) in [5, 5.41) is 0. The van der Waals surface area contributed by atoms with Crippen LogP contribution in [0.3, 0.4) is 0 Å². The summed E-state index contributed by atoms with van der Waals surface area (Å²) >= 11 is 0. The van der Waals surface area contributed by atoms with Crippen LogP contribution in [-0.4, -0.2) is 49.4 Å². The Morgan fingerprint density at radius 1 is 1.08 bits per heavy atom. The lowest BCUT2D eigenvalue weighted by molar-refractivity contribution is -0.233. The van der Waals surface area contributed by atoms with E-state index in [-0.39, 0.29) is 36.0 Å². The van der Waals surface area contributed by atoms with Crippen LogP contribution in [0, 0.1) is 17.8 Å². The molecule has 1 aliphatic heterocycles. The molecule has 38 heavy (non-hydrogen) atoms. The zero-order chi connectivity index (χ0) is 27.0. The maximum absolute atomic E-state index is 13.3. The summed E-state index contributed by atoms with van der Waals surface area (Å²) in [5.41, 5.74) is 0.987. The molecule has 7 heteroatoms. The average molecular weight is 531 g/mol. The van der Waals surface area contributed by atoms with E-state index < -0.39 is 5.60 Å². The molecule has 4 aliphatic rings. The largest absolute Gasteiger partial charge is 0.469 e. The molecule has 3 aliphatic carbocycles. The van der Waals surface area contributed by atoms with Crippen molar-refractivity contribution in [2.24, 2.45) is 17.8 Å². The lowest BCUT2D eigenvalue weighted by Crippen LogP contribution is -2.42. The minimum absolute atomic E-state index is 0.0405. The molecule has 212 valence electrons. The van der Waals surface area contributed by atoms with Crippen molar-refractivity contribution in [2.45, 2.75) is 121 Å². The van der Waals surface area contributed by atoms with Gasteiger partial charge in [0.2, 0.25) is 0 Å². The maximum Gasteiger partial charge on any atom is 0.305 e. The van der Waals surface area contributed by atoms with Crippen LogP contribution in [-0.2, 0) is 33.3 Å². The summed E-state index contributed by atoms with van der Waals surface area (Å²) < 4.78 is 22.8. The Labute approximate surface area is 227 Å². The molecule has 0 spiro atoms. The molecule has 4 rings (SSSR count). The number of ether oxygens (including phenoxy) is 4. The Kier molecular flexibility index (Phi) is 10.6. The van der Waals surface area contributed by atoms with Crippen LogP contribution >= 0.6 is 0 Å². The maximum atomic E-state index is 13.3. The smallest absolute Gasteiger partial charge is 0.305 e. The molecule has 0 aromatic rings. The van der Waals surface area contributed by atoms with Crippen LogP contribution < -0.4 is 0 Å². The van der Waals surface area contributed by atoms with Crippen molar-refractivity contribution < 1.29 is 33.3 Å². The van der Waals surface area contributed by atoms with Gasteiger partial charge in [0, 0.05) is 32.3 Å². The molecule has 1 saturated heterocycles. The number of fused-ring (bicyclic) bond motifs is 1. The normalized spacial score (nSPS) is 31.8. The van der Waals surface area contributed by atoms with Crippen molar-refractivity contribution >= 4 is 17.7 Å². The number of rotatable bonds is 11. The second kappa shape index (κ2) is 13.9. The fraction of sp³-hybridized carbons (Fsp3) is 0.774. The third-order valence-corrected chi connectivity index (χ3v) is 8.93. The number of ketones is 1. The molecule has 7 nitrogen and oxygen atoms in total. The van der Waals surface area contributed by atoms with E-state index in [1.54, 1.807) is 6.08 Å². The summed E-state index contributed by atoms with van der Waals surface area (Å²) in [6.07, 6.45) is 19.2. The van der Waals surface area contributed by atoms with Crippen LogP contribution in [0.5, 0.6) is 0 Å². The molecular formula is C31H46O7. The Hall–Kier alpha value is -1.99. The standard InChI is InChI=1S/C31H46O7/c1-22(32)37-28-20-24-18-23(10-4-5-11-29(34)35-2)19-27(24)26(28)14-13-25(33)21-31(15-7-3-8-16-31)38-30-12-6-9-17-36-30/h10,13-14,24,26-28,30H,3-9,11-12,15-21H2,1-2H3/b14-13-,23-10+/t24-,26-,27+,28-,30?/m0/s1. The van der Waals surface area contributed by atoms with Crippen molar-refractivity contribution in [3.05, 3.63) is 23.8 Å². The number of carbonyl (C=O) groups excluding carboxylic acids is 3. The van der Waals surface area contributed by atoms with Gasteiger partial charge in [-0.15, -0.1) is 0 Å². The number of allylic oxidation sites excluding steroid dienone is 3. The lowest BCUT2D eigenvalue weighted by Gasteiger charge is -2.40. The topological polar surface area (TPSA) is 88.1 Å². The van der Waals surface area contributed by atoms with Crippen LogP contribution in [0.2, 0.25) is 0 Å². The fourth-order valence-corrected chi connectivity index (χ4v) is 7.12. The van der Waals surface area contributed by atoms with Gasteiger partial charge in [-0.2, -0.15) is 0 Å². The van der Waals surface area contributed by atoms with E-state index in [1.807, 2.05) is 6.08 Å². The van der Waals surface area contributed by atoms with E-state index >= 15 is 0 Å². The highest BCUT2D eigenvalue weighted by atomic mass is 16.7. The third kappa shape index (κ3) is 8.01. The molecule has 0 aromatic heterocycles. The van der Waals surface area contributed by atoms with E-state index in [1.165, 1.54) is 26.0 Å². The van der Waals surface area contributed by atoms with Gasteiger partial charge in [0.1, 0.15) is 6.10 Å². The molecule has 1 heterocycles. The van der Waals surface area contributed by atoms with Crippen molar-refractivity contribution in [3.63, 3.8) is 0 Å². The fourth-order valence-electron chi connectivity index (χ4n) is 7.12. The Morgan fingerprint density at radius 3 is 2.61 bits per heavy atom. The van der Waals surface area contributed by atoms with Gasteiger partial charge < -0.3 is 18.9 Å². The Bertz CT molecular complexity index is 879. The van der Waals surface area contributed by atoms with Gasteiger partial charge in [-0.3, -0.25) is 14.4 Å². The predicted molar refractivity (Wildman–Crippen MR) is 143 cm³/mol. The number of carbonyl (C=O) groups is 3. The molecule has 0 aromatic carbocycles. The summed E-state index contributed by atoms with van der Waals surface area (Å²) in [6.45, 7) is 2.20. The summed E-state index contributed by atoms with van der Waals surface area (Å²) in [7, 11) is 1.42. The van der Waals surface area contributed by atoms with Gasteiger partial charge >= 0.3 is 11.9 Å². The molecule has 5 atom stereocenters. The first-order chi connectivity index (χ1) is 18.4. The average Bonchev–Trinajstić information content (AvgIpc) is 3.42. The zero-order valence-corrected chi connectivity index (χ0v) is 23.3. The molecule has 3 saturated carbocycles. The molecule has 4 fully saturated rings. The second-order valence-electron chi connectivity index (χ2n) is 11.8. The molecule has 0 bridgehead atoms. The van der Waals surface area contributed by atoms with E-state index in [0.29, 0.717) is 24.7 Å². The van der Waals surface area contributed by atoms with Gasteiger partial charge in [0.05, 0.1) is 12.7 Å². The molecule has 0 radical (unpaired) electrons. The van der Waals surface area contributed by atoms with Gasteiger partial charge in [-0.1, -0.05) is 37.0 Å². The Balaban J connectivity index is 1.38.